The Kier molecular flexibility index (Phi) is 15.9. The number of rotatable bonds is 10. The fourth-order valence-corrected chi connectivity index (χ4v) is 4.41. The van der Waals surface area contributed by atoms with E-state index in [1.807, 2.05) is 109 Å². The zero-order valence-electron chi connectivity index (χ0n) is 24.2. The van der Waals surface area contributed by atoms with Crippen LogP contribution in [0.2, 0.25) is 0 Å². The van der Waals surface area contributed by atoms with Crippen molar-refractivity contribution in [3.8, 4) is 11.3 Å². The number of carbonyl (C=O) groups is 2. The van der Waals surface area contributed by atoms with Crippen molar-refractivity contribution in [3.05, 3.63) is 89.0 Å². The fraction of sp³-hybridized carbons (Fsp3) is 0.323. The number of benzene rings is 2. The lowest BCUT2D eigenvalue weighted by Gasteiger charge is -2.12. The summed E-state index contributed by atoms with van der Waals surface area (Å²) in [7, 11) is 3.76. The van der Waals surface area contributed by atoms with Crippen molar-refractivity contribution in [2.75, 3.05) is 35.7 Å². The molecule has 1 aromatic heterocycles. The van der Waals surface area contributed by atoms with Gasteiger partial charge in [0.15, 0.2) is 0 Å². The molecule has 0 spiro atoms. The number of allylic oxidation sites excluding steroid dienone is 2. The second-order valence-electron chi connectivity index (χ2n) is 8.21. The highest BCUT2D eigenvalue weighted by Gasteiger charge is 2.14. The second kappa shape index (κ2) is 18.6. The summed E-state index contributed by atoms with van der Waals surface area (Å²) in [5, 5.41) is 10.6. The third kappa shape index (κ3) is 10.9. The summed E-state index contributed by atoms with van der Waals surface area (Å²) in [6.07, 6.45) is 4.70. The summed E-state index contributed by atoms with van der Waals surface area (Å²) in [6, 6.07) is 17.2. The molecule has 210 valence electrons. The number of aldehydes is 1. The maximum atomic E-state index is 12.7. The van der Waals surface area contributed by atoms with E-state index in [-0.39, 0.29) is 5.91 Å². The molecule has 0 fully saturated rings. The van der Waals surface area contributed by atoms with E-state index in [4.69, 9.17) is 5.73 Å². The van der Waals surface area contributed by atoms with Gasteiger partial charge in [-0.05, 0) is 44.5 Å². The first-order valence-electron chi connectivity index (χ1n) is 13.1. The minimum atomic E-state index is -0.105. The molecule has 4 N–H and O–H groups in total. The van der Waals surface area contributed by atoms with E-state index >= 15 is 0 Å². The highest BCUT2D eigenvalue weighted by molar-refractivity contribution is 7.99. The summed E-state index contributed by atoms with van der Waals surface area (Å²) in [4.78, 5) is 22.9. The lowest BCUT2D eigenvalue weighted by Crippen LogP contribution is -2.17. The molecule has 1 amide bonds. The van der Waals surface area contributed by atoms with Gasteiger partial charge < -0.3 is 16.4 Å². The number of nitrogens with zero attached hydrogens (tertiary/aromatic N) is 2. The van der Waals surface area contributed by atoms with Gasteiger partial charge in [-0.2, -0.15) is 16.9 Å². The minimum Gasteiger partial charge on any atom is -0.373 e. The molecule has 7 nitrogen and oxygen atoms in total. The molecule has 0 aliphatic heterocycles. The summed E-state index contributed by atoms with van der Waals surface area (Å²) in [6.45, 7) is 10.4. The van der Waals surface area contributed by atoms with E-state index in [2.05, 4.69) is 15.7 Å². The molecule has 8 heteroatoms. The normalized spacial score (nSPS) is 11.0. The predicted molar refractivity (Wildman–Crippen MR) is 169 cm³/mol. The van der Waals surface area contributed by atoms with Gasteiger partial charge in [0, 0.05) is 60.6 Å². The van der Waals surface area contributed by atoms with Crippen LogP contribution in [0.5, 0.6) is 0 Å². The van der Waals surface area contributed by atoms with Gasteiger partial charge in [-0.3, -0.25) is 14.3 Å². The summed E-state index contributed by atoms with van der Waals surface area (Å²) < 4.78 is 1.80. The van der Waals surface area contributed by atoms with Gasteiger partial charge in [0.05, 0.1) is 5.69 Å². The molecule has 0 radical (unpaired) electrons. The third-order valence-corrected chi connectivity index (χ3v) is 6.54. The Balaban J connectivity index is 0.000000578. The Bertz CT molecular complexity index is 1230. The van der Waals surface area contributed by atoms with Gasteiger partial charge in [0.2, 0.25) is 0 Å². The van der Waals surface area contributed by atoms with Gasteiger partial charge >= 0.3 is 0 Å². The fourth-order valence-electron chi connectivity index (χ4n) is 3.55. The Morgan fingerprint density at radius 1 is 1.08 bits per heavy atom. The average molecular weight is 550 g/mol. The number of aryl methyl sites for hydroxylation is 2. The quantitative estimate of drug-likeness (QED) is 0.116. The molecule has 1 heterocycles. The lowest BCUT2D eigenvalue weighted by atomic mass is 10.1. The average Bonchev–Trinajstić information content (AvgIpc) is 3.34. The smallest absolute Gasteiger partial charge is 0.255 e. The largest absolute Gasteiger partial charge is 0.373 e. The van der Waals surface area contributed by atoms with E-state index in [9.17, 15) is 9.59 Å². The van der Waals surface area contributed by atoms with Crippen LogP contribution in [0.25, 0.3) is 11.3 Å². The van der Waals surface area contributed by atoms with Crippen molar-refractivity contribution in [1.29, 1.82) is 0 Å². The van der Waals surface area contributed by atoms with E-state index in [1.165, 1.54) is 0 Å². The summed E-state index contributed by atoms with van der Waals surface area (Å²) in [5.74, 6) is 2.48. The second-order valence-corrected chi connectivity index (χ2v) is 9.31. The van der Waals surface area contributed by atoms with Gasteiger partial charge in [-0.25, -0.2) is 0 Å². The minimum absolute atomic E-state index is 0.105. The molecule has 0 saturated heterocycles. The van der Waals surface area contributed by atoms with Gasteiger partial charge in [0.1, 0.15) is 12.1 Å². The molecule has 0 unspecified atom stereocenters. The number of hydrogen-bond donors (Lipinski definition) is 3. The zero-order valence-corrected chi connectivity index (χ0v) is 25.1. The SMILES string of the molecule is C/C=C(CSCCN)\C(=C/C)C(=O)Nc1ccc(-c2cc(NC)n(C)n2)cc1.CC.Cc1cccc(C=O)c1. The Morgan fingerprint density at radius 2 is 1.77 bits per heavy atom. The van der Waals surface area contributed by atoms with E-state index in [0.29, 0.717) is 12.1 Å². The number of anilines is 2. The van der Waals surface area contributed by atoms with Crippen LogP contribution in [-0.4, -0.2) is 47.1 Å². The molecular formula is C31H43N5O2S. The molecule has 0 aliphatic rings. The van der Waals surface area contributed by atoms with Crippen molar-refractivity contribution in [2.24, 2.45) is 12.8 Å². The summed E-state index contributed by atoms with van der Waals surface area (Å²) in [5.41, 5.74) is 11.8. The lowest BCUT2D eigenvalue weighted by molar-refractivity contribution is -0.112. The van der Waals surface area contributed by atoms with Crippen LogP contribution < -0.4 is 16.4 Å². The molecular weight excluding hydrogens is 506 g/mol. The number of thioether (sulfide) groups is 1. The highest BCUT2D eigenvalue weighted by atomic mass is 32.2. The zero-order chi connectivity index (χ0) is 29.2. The molecule has 0 atom stereocenters. The van der Waals surface area contributed by atoms with E-state index < -0.39 is 0 Å². The number of aromatic nitrogens is 2. The topological polar surface area (TPSA) is 102 Å². The standard InChI is InChI=1S/C21H29N5OS.C8H8O.C2H6/c1-5-15(14-28-12-11-22)18(6-2)21(27)24-17-9-7-16(8-10-17)19-13-20(23-3)26(4)25-19;1-7-3-2-4-8(5-7)6-9;1-2/h5-10,13,23H,11-12,14,22H2,1-4H3,(H,24,27);2-6H,1H3;1-2H3/b15-5-,18-6+;;. The molecule has 0 bridgehead atoms. The molecule has 3 rings (SSSR count). The molecule has 0 saturated carbocycles. The maximum Gasteiger partial charge on any atom is 0.255 e. The maximum absolute atomic E-state index is 12.7. The van der Waals surface area contributed by atoms with Crippen LogP contribution in [0.3, 0.4) is 0 Å². The van der Waals surface area contributed by atoms with Crippen LogP contribution in [0.4, 0.5) is 11.5 Å². The Labute approximate surface area is 238 Å². The first kappa shape index (κ1) is 33.4. The van der Waals surface area contributed by atoms with Gasteiger partial charge in [-0.1, -0.05) is 61.9 Å². The van der Waals surface area contributed by atoms with Gasteiger partial charge in [-0.15, -0.1) is 0 Å². The number of carbonyl (C=O) groups excluding carboxylic acids is 2. The first-order chi connectivity index (χ1) is 18.9. The van der Waals surface area contributed by atoms with Crippen LogP contribution in [0, 0.1) is 6.92 Å². The number of hydrogen-bond acceptors (Lipinski definition) is 6. The third-order valence-electron chi connectivity index (χ3n) is 5.50. The molecule has 0 aliphatic carbocycles. The number of nitrogens with one attached hydrogen (secondary N) is 2. The monoisotopic (exact) mass is 549 g/mol. The van der Waals surface area contributed by atoms with Crippen molar-refractivity contribution in [3.63, 3.8) is 0 Å². The van der Waals surface area contributed by atoms with Crippen LogP contribution in [0.1, 0.15) is 43.6 Å². The van der Waals surface area contributed by atoms with Crippen molar-refractivity contribution >= 4 is 35.5 Å². The summed E-state index contributed by atoms with van der Waals surface area (Å²) >= 11 is 1.73. The predicted octanol–water partition coefficient (Wildman–Crippen LogP) is 6.49. The molecule has 39 heavy (non-hydrogen) atoms. The van der Waals surface area contributed by atoms with Crippen LogP contribution in [0.15, 0.2) is 77.9 Å². The van der Waals surface area contributed by atoms with Gasteiger partial charge in [0.25, 0.3) is 5.91 Å². The molecule has 2 aromatic carbocycles. The first-order valence-corrected chi connectivity index (χ1v) is 14.3. The van der Waals surface area contributed by atoms with Crippen LogP contribution in [-0.2, 0) is 11.8 Å². The highest BCUT2D eigenvalue weighted by Crippen LogP contribution is 2.24. The Hall–Kier alpha value is -3.62. The van der Waals surface area contributed by atoms with Crippen molar-refractivity contribution in [2.45, 2.75) is 34.6 Å². The van der Waals surface area contributed by atoms with Crippen molar-refractivity contribution in [1.82, 2.24) is 9.78 Å². The van der Waals surface area contributed by atoms with Crippen LogP contribution >= 0.6 is 11.8 Å². The van der Waals surface area contributed by atoms with E-state index in [1.54, 1.807) is 22.5 Å². The van der Waals surface area contributed by atoms with E-state index in [0.717, 1.165) is 57.3 Å². The molecule has 3 aromatic rings. The number of amides is 1. The van der Waals surface area contributed by atoms with Crippen molar-refractivity contribution < 1.29 is 9.59 Å². The Morgan fingerprint density at radius 3 is 2.26 bits per heavy atom. The number of nitrogens with two attached hydrogens (primary N) is 1.